The van der Waals surface area contributed by atoms with E-state index in [0.717, 1.165) is 21.0 Å². The average Bonchev–Trinajstić information content (AvgIpc) is 3.11. The van der Waals surface area contributed by atoms with Crippen LogP contribution in [-0.2, 0) is 11.3 Å². The SMILES string of the molecule is CCOCCn1c(=NC(=O)c2ccc([N+](=O)[O-])cc2)sc2c3ccccc3ccc21. The molecule has 0 N–H and O–H groups in total. The number of ether oxygens (including phenoxy) is 1. The summed E-state index contributed by atoms with van der Waals surface area (Å²) < 4.78 is 8.56. The van der Waals surface area contributed by atoms with Crippen molar-refractivity contribution in [2.45, 2.75) is 13.5 Å². The minimum atomic E-state index is -0.496. The van der Waals surface area contributed by atoms with E-state index in [1.807, 2.05) is 29.7 Å². The van der Waals surface area contributed by atoms with Crippen molar-refractivity contribution in [1.29, 1.82) is 0 Å². The molecular formula is C22H19N3O4S. The maximum atomic E-state index is 12.7. The van der Waals surface area contributed by atoms with Crippen molar-refractivity contribution in [3.63, 3.8) is 0 Å². The second-order valence-electron chi connectivity index (χ2n) is 6.59. The van der Waals surface area contributed by atoms with Crippen LogP contribution in [0, 0.1) is 10.1 Å². The van der Waals surface area contributed by atoms with Crippen LogP contribution < -0.4 is 4.80 Å². The van der Waals surface area contributed by atoms with Gasteiger partial charge in [-0.15, -0.1) is 0 Å². The number of non-ortho nitro benzene ring substituents is 1. The summed E-state index contributed by atoms with van der Waals surface area (Å²) in [4.78, 5) is 28.0. The third-order valence-corrected chi connectivity index (χ3v) is 5.89. The Morgan fingerprint density at radius 3 is 2.63 bits per heavy atom. The van der Waals surface area contributed by atoms with E-state index in [4.69, 9.17) is 4.74 Å². The number of hydrogen-bond acceptors (Lipinski definition) is 5. The molecule has 0 radical (unpaired) electrons. The highest BCUT2D eigenvalue weighted by Gasteiger charge is 2.13. The van der Waals surface area contributed by atoms with Gasteiger partial charge in [0.2, 0.25) is 0 Å². The molecule has 4 rings (SSSR count). The number of amides is 1. The summed E-state index contributed by atoms with van der Waals surface area (Å²) in [7, 11) is 0. The average molecular weight is 421 g/mol. The highest BCUT2D eigenvalue weighted by Crippen LogP contribution is 2.27. The van der Waals surface area contributed by atoms with Gasteiger partial charge >= 0.3 is 0 Å². The van der Waals surface area contributed by atoms with Crippen molar-refractivity contribution in [2.24, 2.45) is 4.99 Å². The molecule has 30 heavy (non-hydrogen) atoms. The molecule has 8 heteroatoms. The van der Waals surface area contributed by atoms with Crippen molar-refractivity contribution >= 4 is 43.9 Å². The third kappa shape index (κ3) is 3.87. The second-order valence-corrected chi connectivity index (χ2v) is 7.57. The maximum absolute atomic E-state index is 12.7. The Bertz CT molecular complexity index is 1310. The number of nitro groups is 1. The predicted octanol–water partition coefficient (Wildman–Crippen LogP) is 4.54. The van der Waals surface area contributed by atoms with Gasteiger partial charge in [-0.05, 0) is 30.5 Å². The van der Waals surface area contributed by atoms with Gasteiger partial charge in [0, 0.05) is 36.2 Å². The Kier molecular flexibility index (Phi) is 5.69. The van der Waals surface area contributed by atoms with Gasteiger partial charge in [-0.25, -0.2) is 0 Å². The van der Waals surface area contributed by atoms with Gasteiger partial charge in [0.1, 0.15) is 0 Å². The topological polar surface area (TPSA) is 86.7 Å². The third-order valence-electron chi connectivity index (χ3n) is 4.76. The van der Waals surface area contributed by atoms with E-state index in [0.29, 0.717) is 30.1 Å². The Labute approximate surface area is 176 Å². The molecule has 0 saturated carbocycles. The highest BCUT2D eigenvalue weighted by atomic mass is 32.1. The number of thiazole rings is 1. The van der Waals surface area contributed by atoms with Crippen molar-refractivity contribution in [3.8, 4) is 0 Å². The van der Waals surface area contributed by atoms with Crippen LogP contribution in [0.2, 0.25) is 0 Å². The molecule has 7 nitrogen and oxygen atoms in total. The Balaban J connectivity index is 1.82. The van der Waals surface area contributed by atoms with Gasteiger partial charge in [0.25, 0.3) is 11.6 Å². The molecule has 0 unspecified atom stereocenters. The number of nitrogens with zero attached hydrogens (tertiary/aromatic N) is 3. The van der Waals surface area contributed by atoms with E-state index < -0.39 is 10.8 Å². The molecule has 0 fully saturated rings. The number of benzene rings is 3. The molecular weight excluding hydrogens is 402 g/mol. The van der Waals surface area contributed by atoms with E-state index in [2.05, 4.69) is 23.2 Å². The molecule has 0 saturated heterocycles. The molecule has 0 aliphatic rings. The van der Waals surface area contributed by atoms with Gasteiger partial charge < -0.3 is 9.30 Å². The number of aromatic nitrogens is 1. The van der Waals surface area contributed by atoms with Crippen LogP contribution in [0.15, 0.2) is 65.7 Å². The molecule has 152 valence electrons. The lowest BCUT2D eigenvalue weighted by Gasteiger charge is -2.06. The maximum Gasteiger partial charge on any atom is 0.279 e. The summed E-state index contributed by atoms with van der Waals surface area (Å²) in [5.41, 5.74) is 1.24. The largest absolute Gasteiger partial charge is 0.380 e. The fraction of sp³-hybridized carbons (Fsp3) is 0.182. The molecule has 1 heterocycles. The van der Waals surface area contributed by atoms with Gasteiger partial charge in [0.05, 0.1) is 21.7 Å². The van der Waals surface area contributed by atoms with Crippen molar-refractivity contribution in [2.75, 3.05) is 13.2 Å². The number of rotatable bonds is 6. The van der Waals surface area contributed by atoms with Gasteiger partial charge in [0.15, 0.2) is 4.80 Å². The quantitative estimate of drug-likeness (QED) is 0.260. The first-order valence-electron chi connectivity index (χ1n) is 9.51. The second kappa shape index (κ2) is 8.56. The summed E-state index contributed by atoms with van der Waals surface area (Å²) in [6.45, 7) is 3.62. The summed E-state index contributed by atoms with van der Waals surface area (Å²) in [6.07, 6.45) is 0. The monoisotopic (exact) mass is 421 g/mol. The lowest BCUT2D eigenvalue weighted by atomic mass is 10.1. The molecule has 0 aliphatic heterocycles. The zero-order valence-electron chi connectivity index (χ0n) is 16.3. The standard InChI is InChI=1S/C22H19N3O4S/c1-2-29-14-13-24-19-12-9-15-5-3-4-6-18(15)20(19)30-22(24)23-21(26)16-7-10-17(11-8-16)25(27)28/h3-12H,2,13-14H2,1H3. The zero-order chi connectivity index (χ0) is 21.1. The number of carbonyl (C=O) groups excluding carboxylic acids is 1. The van der Waals surface area contributed by atoms with E-state index in [1.54, 1.807) is 0 Å². The zero-order valence-corrected chi connectivity index (χ0v) is 17.1. The summed E-state index contributed by atoms with van der Waals surface area (Å²) in [5.74, 6) is -0.439. The first kappa shape index (κ1) is 19.9. The van der Waals surface area contributed by atoms with Crippen LogP contribution in [0.25, 0.3) is 21.0 Å². The van der Waals surface area contributed by atoms with Gasteiger partial charge in [-0.3, -0.25) is 14.9 Å². The first-order valence-corrected chi connectivity index (χ1v) is 10.3. The van der Waals surface area contributed by atoms with E-state index in [9.17, 15) is 14.9 Å². The van der Waals surface area contributed by atoms with Crippen molar-refractivity contribution in [3.05, 3.63) is 81.1 Å². The Morgan fingerprint density at radius 2 is 1.90 bits per heavy atom. The van der Waals surface area contributed by atoms with Crippen LogP contribution in [0.5, 0.6) is 0 Å². The van der Waals surface area contributed by atoms with Crippen LogP contribution >= 0.6 is 11.3 Å². The first-order chi connectivity index (χ1) is 14.6. The molecule has 0 spiro atoms. The Hall–Kier alpha value is -3.36. The van der Waals surface area contributed by atoms with Crippen molar-refractivity contribution in [1.82, 2.24) is 4.57 Å². The lowest BCUT2D eigenvalue weighted by Crippen LogP contribution is -2.19. The van der Waals surface area contributed by atoms with E-state index in [-0.39, 0.29) is 5.69 Å². The summed E-state index contributed by atoms with van der Waals surface area (Å²) in [5, 5.41) is 13.1. The normalized spacial score (nSPS) is 12.0. The fourth-order valence-corrected chi connectivity index (χ4v) is 4.47. The summed E-state index contributed by atoms with van der Waals surface area (Å²) in [6, 6.07) is 17.7. The van der Waals surface area contributed by atoms with Crippen molar-refractivity contribution < 1.29 is 14.5 Å². The van der Waals surface area contributed by atoms with Crippen LogP contribution in [-0.4, -0.2) is 28.6 Å². The number of carbonyl (C=O) groups is 1. The molecule has 0 atom stereocenters. The Morgan fingerprint density at radius 1 is 1.13 bits per heavy atom. The van der Waals surface area contributed by atoms with Crippen LogP contribution in [0.1, 0.15) is 17.3 Å². The van der Waals surface area contributed by atoms with Gasteiger partial charge in [-0.1, -0.05) is 41.7 Å². The fourth-order valence-electron chi connectivity index (χ4n) is 3.28. The number of hydrogen-bond donors (Lipinski definition) is 0. The van der Waals surface area contributed by atoms with Crippen LogP contribution in [0.3, 0.4) is 0 Å². The smallest absolute Gasteiger partial charge is 0.279 e. The molecule has 1 amide bonds. The number of nitro benzene ring substituents is 1. The van der Waals surface area contributed by atoms with E-state index in [1.165, 1.54) is 35.6 Å². The molecule has 0 bridgehead atoms. The highest BCUT2D eigenvalue weighted by molar-refractivity contribution is 7.17. The van der Waals surface area contributed by atoms with E-state index >= 15 is 0 Å². The van der Waals surface area contributed by atoms with Gasteiger partial charge in [-0.2, -0.15) is 4.99 Å². The van der Waals surface area contributed by atoms with Crippen LogP contribution in [0.4, 0.5) is 5.69 Å². The number of fused-ring (bicyclic) bond motifs is 3. The minimum absolute atomic E-state index is 0.0633. The molecule has 4 aromatic rings. The lowest BCUT2D eigenvalue weighted by molar-refractivity contribution is -0.384. The predicted molar refractivity (Wildman–Crippen MR) is 117 cm³/mol. The summed E-state index contributed by atoms with van der Waals surface area (Å²) >= 11 is 1.45. The molecule has 0 aliphatic carbocycles. The molecule has 3 aromatic carbocycles. The molecule has 1 aromatic heterocycles. The minimum Gasteiger partial charge on any atom is -0.380 e.